The number of hydrogen-bond acceptors (Lipinski definition) is 3. The predicted octanol–water partition coefficient (Wildman–Crippen LogP) is 5.19. The van der Waals surface area contributed by atoms with Gasteiger partial charge in [0.25, 0.3) is 5.91 Å². The second kappa shape index (κ2) is 10.5. The van der Waals surface area contributed by atoms with Gasteiger partial charge in [-0.25, -0.2) is 0 Å². The van der Waals surface area contributed by atoms with E-state index in [9.17, 15) is 18.0 Å². The standard InChI is InChI=1S/C13H17NO.C9H12F3NO/c1-2-11-6-5-7-12(10-11)13(15)14-8-3-4-9-14;1-6-7(4-3-5-14-6)8(13-2)9(10,11)12/h5-7,10H,2-4,8-9H2,1H3;3-5H2,1-2H3. The van der Waals surface area contributed by atoms with Crippen molar-refractivity contribution in [1.29, 1.82) is 0 Å². The summed E-state index contributed by atoms with van der Waals surface area (Å²) in [5.41, 5.74) is 1.46. The van der Waals surface area contributed by atoms with E-state index in [-0.39, 0.29) is 11.5 Å². The number of nitrogens with zero attached hydrogens (tertiary/aromatic N) is 2. The molecule has 0 unspecified atom stereocenters. The summed E-state index contributed by atoms with van der Waals surface area (Å²) in [6.07, 6.45) is -0.0919. The zero-order valence-corrected chi connectivity index (χ0v) is 17.3. The predicted molar refractivity (Wildman–Crippen MR) is 108 cm³/mol. The number of aryl methyl sites for hydroxylation is 1. The van der Waals surface area contributed by atoms with Crippen LogP contribution in [0, 0.1) is 0 Å². The summed E-state index contributed by atoms with van der Waals surface area (Å²) in [6, 6.07) is 7.98. The Morgan fingerprint density at radius 1 is 1.21 bits per heavy atom. The zero-order chi connectivity index (χ0) is 21.4. The maximum Gasteiger partial charge on any atom is 0.433 e. The fourth-order valence-corrected chi connectivity index (χ4v) is 3.48. The van der Waals surface area contributed by atoms with Gasteiger partial charge in [0.1, 0.15) is 5.71 Å². The van der Waals surface area contributed by atoms with Crippen LogP contribution in [0.4, 0.5) is 13.2 Å². The lowest BCUT2D eigenvalue weighted by atomic mass is 10.0. The average molecular weight is 410 g/mol. The molecule has 0 radical (unpaired) electrons. The average Bonchev–Trinajstić information content (AvgIpc) is 3.24. The quantitative estimate of drug-likeness (QED) is 0.644. The van der Waals surface area contributed by atoms with Crippen LogP contribution < -0.4 is 0 Å². The first-order valence-electron chi connectivity index (χ1n) is 10.0. The van der Waals surface area contributed by atoms with Gasteiger partial charge in [-0.15, -0.1) is 0 Å². The van der Waals surface area contributed by atoms with Gasteiger partial charge in [-0.1, -0.05) is 19.1 Å². The van der Waals surface area contributed by atoms with Crippen molar-refractivity contribution in [2.45, 2.75) is 52.1 Å². The van der Waals surface area contributed by atoms with Gasteiger partial charge in [-0.2, -0.15) is 13.2 Å². The maximum atomic E-state index is 12.5. The van der Waals surface area contributed by atoms with Crippen LogP contribution in [0.25, 0.3) is 0 Å². The molecule has 2 aliphatic heterocycles. The third-order valence-corrected chi connectivity index (χ3v) is 5.07. The molecule has 0 aliphatic carbocycles. The molecule has 1 saturated heterocycles. The first-order chi connectivity index (χ1) is 13.8. The highest BCUT2D eigenvalue weighted by Crippen LogP contribution is 2.29. The summed E-state index contributed by atoms with van der Waals surface area (Å²) < 4.78 is 42.4. The normalized spacial score (nSPS) is 17.6. The molecular weight excluding hydrogens is 381 g/mol. The van der Waals surface area contributed by atoms with Crippen LogP contribution in [0.3, 0.4) is 0 Å². The molecule has 0 spiro atoms. The number of carbonyl (C=O) groups excluding carboxylic acids is 1. The van der Waals surface area contributed by atoms with Gasteiger partial charge in [0.2, 0.25) is 0 Å². The SMILES string of the molecule is CCc1cccc(C(=O)N2CCCC2)c1.CN=C(C1=C(C)OCCC1)C(F)(F)F. The summed E-state index contributed by atoms with van der Waals surface area (Å²) in [5, 5.41) is 0. The number of aliphatic imine (C=N–C) groups is 1. The second-order valence-corrected chi connectivity index (χ2v) is 7.11. The third-order valence-electron chi connectivity index (χ3n) is 5.07. The second-order valence-electron chi connectivity index (χ2n) is 7.11. The third kappa shape index (κ3) is 6.34. The van der Waals surface area contributed by atoms with Crippen molar-refractivity contribution in [2.24, 2.45) is 4.99 Å². The summed E-state index contributed by atoms with van der Waals surface area (Å²) >= 11 is 0. The van der Waals surface area contributed by atoms with Crippen LogP contribution in [0.1, 0.15) is 55.5 Å². The number of ether oxygens (including phenoxy) is 1. The Balaban J connectivity index is 0.000000208. The molecule has 1 aromatic rings. The lowest BCUT2D eigenvalue weighted by Crippen LogP contribution is -2.27. The Labute approximate surface area is 170 Å². The highest BCUT2D eigenvalue weighted by Gasteiger charge is 2.39. The van der Waals surface area contributed by atoms with Crippen LogP contribution in [0.5, 0.6) is 0 Å². The Bertz CT molecular complexity index is 764. The minimum absolute atomic E-state index is 0.186. The molecule has 1 amide bonds. The van der Waals surface area contributed by atoms with Gasteiger partial charge in [0, 0.05) is 31.3 Å². The number of benzene rings is 1. The van der Waals surface area contributed by atoms with E-state index < -0.39 is 11.9 Å². The number of alkyl halides is 3. The molecule has 2 aliphatic rings. The number of amides is 1. The first kappa shape index (κ1) is 23.0. The minimum atomic E-state index is -4.38. The zero-order valence-electron chi connectivity index (χ0n) is 17.3. The molecule has 7 heteroatoms. The van der Waals surface area contributed by atoms with Crippen LogP contribution in [-0.4, -0.2) is 49.4 Å². The van der Waals surface area contributed by atoms with E-state index in [2.05, 4.69) is 18.0 Å². The molecule has 0 saturated carbocycles. The van der Waals surface area contributed by atoms with Crippen LogP contribution in [-0.2, 0) is 11.2 Å². The van der Waals surface area contributed by atoms with Gasteiger partial charge in [0.05, 0.1) is 12.4 Å². The molecular formula is C22H29F3N2O2. The van der Waals surface area contributed by atoms with E-state index in [4.69, 9.17) is 4.74 Å². The molecule has 0 aromatic heterocycles. The Morgan fingerprint density at radius 2 is 1.90 bits per heavy atom. The molecule has 0 N–H and O–H groups in total. The van der Waals surface area contributed by atoms with Gasteiger partial charge >= 0.3 is 6.18 Å². The smallest absolute Gasteiger partial charge is 0.433 e. The van der Waals surface area contributed by atoms with Crippen molar-refractivity contribution >= 4 is 11.6 Å². The lowest BCUT2D eigenvalue weighted by molar-refractivity contribution is -0.0589. The van der Waals surface area contributed by atoms with E-state index in [1.807, 2.05) is 23.1 Å². The summed E-state index contributed by atoms with van der Waals surface area (Å²) in [5.74, 6) is 0.539. The number of hydrogen-bond donors (Lipinski definition) is 0. The molecule has 0 bridgehead atoms. The Kier molecular flexibility index (Phi) is 8.29. The molecule has 160 valence electrons. The van der Waals surface area contributed by atoms with E-state index in [1.54, 1.807) is 6.92 Å². The number of halogens is 3. The van der Waals surface area contributed by atoms with E-state index in [0.717, 1.165) is 45.0 Å². The van der Waals surface area contributed by atoms with E-state index >= 15 is 0 Å². The molecule has 1 fully saturated rings. The minimum Gasteiger partial charge on any atom is -0.498 e. The summed E-state index contributed by atoms with van der Waals surface area (Å²) in [4.78, 5) is 17.3. The van der Waals surface area contributed by atoms with Crippen molar-refractivity contribution in [3.05, 3.63) is 46.7 Å². The molecule has 2 heterocycles. The van der Waals surface area contributed by atoms with Gasteiger partial charge < -0.3 is 9.64 Å². The fourth-order valence-electron chi connectivity index (χ4n) is 3.48. The number of carbonyl (C=O) groups is 1. The number of rotatable bonds is 3. The van der Waals surface area contributed by atoms with E-state index in [0.29, 0.717) is 25.2 Å². The molecule has 0 atom stereocenters. The summed E-state index contributed by atoms with van der Waals surface area (Å²) in [7, 11) is 1.15. The molecule has 1 aromatic carbocycles. The van der Waals surface area contributed by atoms with Crippen molar-refractivity contribution in [3.8, 4) is 0 Å². The van der Waals surface area contributed by atoms with Crippen molar-refractivity contribution < 1.29 is 22.7 Å². The van der Waals surface area contributed by atoms with Crippen molar-refractivity contribution in [3.63, 3.8) is 0 Å². The van der Waals surface area contributed by atoms with Crippen LogP contribution in [0.2, 0.25) is 0 Å². The van der Waals surface area contributed by atoms with Gasteiger partial charge in [-0.05, 0) is 56.7 Å². The summed E-state index contributed by atoms with van der Waals surface area (Å²) in [6.45, 7) is 6.00. The van der Waals surface area contributed by atoms with E-state index in [1.165, 1.54) is 5.56 Å². The monoisotopic (exact) mass is 410 g/mol. The fraction of sp³-hybridized carbons (Fsp3) is 0.545. The van der Waals surface area contributed by atoms with Crippen molar-refractivity contribution in [1.82, 2.24) is 4.90 Å². The Hall–Kier alpha value is -2.31. The van der Waals surface area contributed by atoms with Gasteiger partial charge in [0.15, 0.2) is 0 Å². The number of allylic oxidation sites excluding steroid dienone is 2. The molecule has 29 heavy (non-hydrogen) atoms. The topological polar surface area (TPSA) is 41.9 Å². The highest BCUT2D eigenvalue weighted by atomic mass is 19.4. The van der Waals surface area contributed by atoms with Gasteiger partial charge in [-0.3, -0.25) is 9.79 Å². The number of likely N-dealkylation sites (tertiary alicyclic amines) is 1. The van der Waals surface area contributed by atoms with Crippen molar-refractivity contribution in [2.75, 3.05) is 26.7 Å². The molecule has 4 nitrogen and oxygen atoms in total. The highest BCUT2D eigenvalue weighted by molar-refractivity contribution is 6.04. The maximum absolute atomic E-state index is 12.5. The lowest BCUT2D eigenvalue weighted by Gasteiger charge is -2.21. The largest absolute Gasteiger partial charge is 0.498 e. The first-order valence-corrected chi connectivity index (χ1v) is 10.0. The Morgan fingerprint density at radius 3 is 2.45 bits per heavy atom. The molecule has 3 rings (SSSR count). The van der Waals surface area contributed by atoms with Crippen LogP contribution >= 0.6 is 0 Å². The van der Waals surface area contributed by atoms with Crippen LogP contribution in [0.15, 0.2) is 40.6 Å².